The lowest BCUT2D eigenvalue weighted by Crippen LogP contribution is -2.68. The maximum absolute atomic E-state index is 15.2. The number of aliphatic hydroxyl groups is 1. The number of hydrazine groups is 1. The number of aliphatic carboxylic acids is 1. The Balaban J connectivity index is 1.19. The number of morpholine rings is 1. The van der Waals surface area contributed by atoms with Crippen molar-refractivity contribution in [2.45, 2.75) is 167 Å². The first-order valence-electron chi connectivity index (χ1n) is 29.0. The van der Waals surface area contributed by atoms with Gasteiger partial charge in [0.05, 0.1) is 54.7 Å². The quantitative estimate of drug-likeness (QED) is 0.0858. The predicted octanol–water partition coefficient (Wildman–Crippen LogP) is 6.80. The number of anilines is 2. The van der Waals surface area contributed by atoms with Crippen LogP contribution in [0, 0.1) is 5.41 Å². The molecular formula is C58H92N10O10Si. The number of carbonyl (C=O) groups excluding carboxylic acids is 3. The molecule has 0 radical (unpaired) electrons. The number of likely N-dealkylation sites (tertiary alicyclic amines) is 1. The molecule has 2 aromatic heterocycles. The van der Waals surface area contributed by atoms with E-state index in [9.17, 15) is 24.6 Å². The van der Waals surface area contributed by atoms with E-state index < -0.39 is 67.4 Å². The van der Waals surface area contributed by atoms with E-state index in [0.29, 0.717) is 65.0 Å². The van der Waals surface area contributed by atoms with Crippen molar-refractivity contribution in [3.63, 3.8) is 0 Å². The Labute approximate surface area is 469 Å². The monoisotopic (exact) mass is 1120 g/mol. The number of carbonyl (C=O) groups is 4. The Kier molecular flexibility index (Phi) is 19.0. The number of piperazine rings is 1. The molecule has 0 spiro atoms. The van der Waals surface area contributed by atoms with Gasteiger partial charge in [-0.15, -0.1) is 0 Å². The third-order valence-electron chi connectivity index (χ3n) is 16.6. The van der Waals surface area contributed by atoms with Crippen LogP contribution in [0.2, 0.25) is 25.7 Å². The Morgan fingerprint density at radius 3 is 2.33 bits per heavy atom. The van der Waals surface area contributed by atoms with Crippen molar-refractivity contribution >= 4 is 54.4 Å². The van der Waals surface area contributed by atoms with Gasteiger partial charge in [-0.05, 0) is 114 Å². The molecule has 6 atom stereocenters. The highest BCUT2D eigenvalue weighted by Gasteiger charge is 2.48. The smallest absolute Gasteiger partial charge is 0.410 e. The minimum absolute atomic E-state index is 0.0169. The van der Waals surface area contributed by atoms with Gasteiger partial charge in [-0.1, -0.05) is 33.5 Å². The Bertz CT molecular complexity index is 2630. The molecule has 6 heterocycles. The maximum atomic E-state index is 15.2. The maximum Gasteiger partial charge on any atom is 0.410 e. The molecule has 0 bridgehead atoms. The van der Waals surface area contributed by atoms with E-state index in [1.54, 1.807) is 19.1 Å². The molecule has 3 aromatic rings. The van der Waals surface area contributed by atoms with Crippen LogP contribution in [0.15, 0.2) is 30.5 Å². The summed E-state index contributed by atoms with van der Waals surface area (Å²) in [5, 5.41) is 26.4. The number of rotatable bonds is 20. The fraction of sp³-hybridized carbons (Fsp3) is 0.707. The number of carboxylic acids is 1. The largest absolute Gasteiger partial charge is 0.480 e. The number of nitrogens with zero attached hydrogens (tertiary/aromatic N) is 8. The zero-order valence-electron chi connectivity index (χ0n) is 49.3. The van der Waals surface area contributed by atoms with E-state index in [0.717, 1.165) is 83.1 Å². The van der Waals surface area contributed by atoms with Crippen LogP contribution in [0.4, 0.5) is 21.0 Å². The van der Waals surface area contributed by atoms with Crippen LogP contribution in [0.25, 0.3) is 22.2 Å². The van der Waals surface area contributed by atoms with Crippen LogP contribution < -0.4 is 20.5 Å². The van der Waals surface area contributed by atoms with Gasteiger partial charge in [0.1, 0.15) is 17.7 Å². The number of likely N-dealkylation sites (N-methyl/N-ethyl adjacent to an activating group) is 1. The van der Waals surface area contributed by atoms with Gasteiger partial charge < -0.3 is 53.7 Å². The van der Waals surface area contributed by atoms with Crippen molar-refractivity contribution in [1.82, 2.24) is 40.0 Å². The number of aliphatic hydroxyl groups excluding tert-OH is 1. The topological polar surface area (TPSA) is 207 Å². The molecule has 0 unspecified atom stereocenters. The first-order valence-corrected chi connectivity index (χ1v) is 32.7. The summed E-state index contributed by atoms with van der Waals surface area (Å²) in [4.78, 5) is 71.4. The molecule has 20 nitrogen and oxygen atoms in total. The minimum atomic E-state index is -1.61. The number of pyridine rings is 1. The van der Waals surface area contributed by atoms with Crippen molar-refractivity contribution in [2.75, 3.05) is 103 Å². The third-order valence-corrected chi connectivity index (χ3v) is 18.3. The number of ether oxygens (including phenoxy) is 4. The number of methoxy groups -OCH3 is 1. The molecule has 8 rings (SSSR count). The van der Waals surface area contributed by atoms with Gasteiger partial charge in [-0.3, -0.25) is 29.4 Å². The second-order valence-corrected chi connectivity index (χ2v) is 31.2. The average molecular weight is 1120 g/mol. The van der Waals surface area contributed by atoms with Gasteiger partial charge >= 0.3 is 18.2 Å². The summed E-state index contributed by atoms with van der Waals surface area (Å²) >= 11 is 0. The number of nitrogens with one attached hydrogen (secondary N) is 2. The molecular weight excluding hydrogens is 1020 g/mol. The van der Waals surface area contributed by atoms with Crippen molar-refractivity contribution in [3.05, 3.63) is 41.7 Å². The first-order chi connectivity index (χ1) is 37.4. The van der Waals surface area contributed by atoms with Gasteiger partial charge in [-0.2, -0.15) is 0 Å². The standard InChI is InChI=1S/C58H92N10O10Si/c1-13-67-47-19-18-40(31-43(47)45(33-58(6,7)37-69)51(67)44-32-42(34-59-49(44)38(2)75-9)64-25-23-63(24-26-64)39-16-17-39)65-27-28-76-48(36-65)52(66-22-20-41(35-66)62(8)56(74)78-57(3,4)5)50(60-55(73)77-29-30-79(10,11)12)53(70)68-21-14-15-46(61-68)54(71)72/h18-19,31-32,34,38-39,41,46,48,50,52,61,69H,13-17,20-30,33,35-37H2,1-12H3,(H,60,73)(H,71,72)/t38-,41-,46-,48+,50-,52+/m0/s1. The number of aryl methyl sites for hydroxylation is 1. The Morgan fingerprint density at radius 1 is 0.949 bits per heavy atom. The predicted molar refractivity (Wildman–Crippen MR) is 309 cm³/mol. The minimum Gasteiger partial charge on any atom is -0.480 e. The molecule has 3 amide bonds. The molecule has 5 fully saturated rings. The van der Waals surface area contributed by atoms with E-state index in [4.69, 9.17) is 23.9 Å². The lowest BCUT2D eigenvalue weighted by molar-refractivity contribution is -0.150. The second-order valence-electron chi connectivity index (χ2n) is 25.6. The number of hydrogen-bond donors (Lipinski definition) is 4. The lowest BCUT2D eigenvalue weighted by Gasteiger charge is -2.45. The number of benzene rings is 1. The second kappa shape index (κ2) is 25.0. The SMILES string of the molecule is CCn1c(-c2cc(N3CCN(C4CC4)CC3)cnc2[C@H](C)OC)c(CC(C)(C)CO)c2cc(N3CCO[C@@H]([C@H]([C@H](NC(=O)OCC[Si](C)(C)C)C(=O)N4CCC[C@@H](C(=O)O)N4)N4CC[C@H](N(C)C(=O)OC(C)(C)C)C4)C3)ccc21. The molecule has 4 aliphatic heterocycles. The van der Waals surface area contributed by atoms with Crippen LogP contribution in [-0.2, 0) is 41.5 Å². The molecule has 1 aliphatic carbocycles. The van der Waals surface area contributed by atoms with E-state index in [1.807, 2.05) is 33.9 Å². The highest BCUT2D eigenvalue weighted by molar-refractivity contribution is 6.76. The highest BCUT2D eigenvalue weighted by atomic mass is 28.3. The van der Waals surface area contributed by atoms with E-state index >= 15 is 4.79 Å². The van der Waals surface area contributed by atoms with Crippen molar-refractivity contribution in [1.29, 1.82) is 0 Å². The van der Waals surface area contributed by atoms with E-state index in [-0.39, 0.29) is 31.9 Å². The van der Waals surface area contributed by atoms with Crippen molar-refractivity contribution in [2.24, 2.45) is 5.41 Å². The van der Waals surface area contributed by atoms with Gasteiger partial charge in [0.25, 0.3) is 5.91 Å². The summed E-state index contributed by atoms with van der Waals surface area (Å²) in [6.07, 6.45) is 4.33. The highest BCUT2D eigenvalue weighted by Crippen LogP contribution is 2.43. The molecule has 21 heteroatoms. The number of carboxylic acid groups (broad SMARTS) is 1. The van der Waals surface area contributed by atoms with Crippen LogP contribution >= 0.6 is 0 Å². The normalized spacial score (nSPS) is 22.2. The summed E-state index contributed by atoms with van der Waals surface area (Å²) in [7, 11) is 1.84. The molecule has 1 aromatic carbocycles. The zero-order chi connectivity index (χ0) is 57.1. The lowest BCUT2D eigenvalue weighted by atomic mass is 9.84. The number of amides is 3. The molecule has 1 saturated carbocycles. The summed E-state index contributed by atoms with van der Waals surface area (Å²) in [6, 6.07) is 7.01. The third kappa shape index (κ3) is 14.5. The van der Waals surface area contributed by atoms with Crippen LogP contribution in [-0.4, -0.2) is 206 Å². The summed E-state index contributed by atoms with van der Waals surface area (Å²) in [5.74, 6) is -1.58. The zero-order valence-corrected chi connectivity index (χ0v) is 50.3. The van der Waals surface area contributed by atoms with Gasteiger partial charge in [0, 0.05) is 129 Å². The fourth-order valence-electron chi connectivity index (χ4n) is 11.8. The van der Waals surface area contributed by atoms with Crippen LogP contribution in [0.5, 0.6) is 0 Å². The molecule has 4 saturated heterocycles. The van der Waals surface area contributed by atoms with E-state index in [2.05, 4.69) is 99.6 Å². The average Bonchev–Trinajstić information content (AvgIpc) is 4.32. The molecule has 438 valence electrons. The number of fused-ring (bicyclic) bond motifs is 1. The number of hydrogen-bond acceptors (Lipinski definition) is 15. The fourth-order valence-corrected chi connectivity index (χ4v) is 12.5. The van der Waals surface area contributed by atoms with Crippen molar-refractivity contribution < 1.29 is 48.3 Å². The Morgan fingerprint density at radius 2 is 1.68 bits per heavy atom. The molecule has 5 aliphatic rings. The summed E-state index contributed by atoms with van der Waals surface area (Å²) in [5.41, 5.74) is 8.86. The van der Waals surface area contributed by atoms with Crippen LogP contribution in [0.3, 0.4) is 0 Å². The van der Waals surface area contributed by atoms with E-state index in [1.165, 1.54) is 17.9 Å². The van der Waals surface area contributed by atoms with Gasteiger partial charge in [0.2, 0.25) is 0 Å². The van der Waals surface area contributed by atoms with Gasteiger partial charge in [0.15, 0.2) is 0 Å². The Hall–Kier alpha value is -5.03. The molecule has 4 N–H and O–H groups in total. The molecule has 79 heavy (non-hydrogen) atoms. The summed E-state index contributed by atoms with van der Waals surface area (Å²) < 4.78 is 26.8. The number of aromatic nitrogens is 2. The first kappa shape index (κ1) is 60.1. The van der Waals surface area contributed by atoms with Crippen LogP contribution in [0.1, 0.15) is 97.9 Å². The number of alkyl carbamates (subject to hydrolysis) is 1. The summed E-state index contributed by atoms with van der Waals surface area (Å²) in [6.45, 7) is 27.4. The van der Waals surface area contributed by atoms with Gasteiger partial charge in [-0.25, -0.2) is 15.0 Å². The van der Waals surface area contributed by atoms with Crippen molar-refractivity contribution in [3.8, 4) is 11.3 Å².